The number of likely N-dealkylation sites (N-methyl/N-ethyl adjacent to an activating group) is 1. The van der Waals surface area contributed by atoms with E-state index in [9.17, 15) is 14.7 Å². The number of rotatable bonds is 5. The van der Waals surface area contributed by atoms with Crippen LogP contribution in [0.4, 0.5) is 0 Å². The smallest absolute Gasteiger partial charge is 0.320 e. The van der Waals surface area contributed by atoms with Crippen molar-refractivity contribution in [1.29, 1.82) is 0 Å². The van der Waals surface area contributed by atoms with E-state index in [0.29, 0.717) is 11.0 Å². The molecule has 4 N–H and O–H groups in total. The minimum absolute atomic E-state index is 0.282. The Morgan fingerprint density at radius 3 is 1.88 bits per heavy atom. The molecular formula is C10H22N2O5. The maximum Gasteiger partial charge on any atom is 0.320 e. The van der Waals surface area contributed by atoms with E-state index in [1.54, 1.807) is 0 Å². The van der Waals surface area contributed by atoms with E-state index in [2.05, 4.69) is 0 Å². The van der Waals surface area contributed by atoms with Gasteiger partial charge in [-0.15, -0.1) is 0 Å². The number of nitrogens with two attached hydrogens (primary N) is 1. The Morgan fingerprint density at radius 1 is 1.35 bits per heavy atom. The number of hydrogen-bond acceptors (Lipinski definition) is 5. The largest absolute Gasteiger partial charge is 0.550 e. The number of carbonyl (C=O) groups is 2. The Bertz CT molecular complexity index is 248. The highest BCUT2D eigenvalue weighted by molar-refractivity contribution is 5.72. The molecule has 0 aliphatic carbocycles. The molecule has 0 radical (unpaired) electrons. The first-order valence-corrected chi connectivity index (χ1v) is 5.12. The summed E-state index contributed by atoms with van der Waals surface area (Å²) in [6.45, 7) is 1.84. The number of hydrogen-bond donors (Lipinski definition) is 3. The third kappa shape index (κ3) is 17.4. The molecule has 0 spiro atoms. The molecule has 0 aromatic heterocycles. The molecular weight excluding hydrogens is 228 g/mol. The lowest BCUT2D eigenvalue weighted by molar-refractivity contribution is -0.873. The highest BCUT2D eigenvalue weighted by Gasteiger charge is 2.14. The third-order valence-electron chi connectivity index (χ3n) is 1.55. The fraction of sp³-hybridized carbons (Fsp3) is 0.800. The zero-order valence-electron chi connectivity index (χ0n) is 10.7. The lowest BCUT2D eigenvalue weighted by Crippen LogP contribution is -2.43. The lowest BCUT2D eigenvalue weighted by atomic mass is 10.2. The molecule has 1 unspecified atom stereocenters. The van der Waals surface area contributed by atoms with Gasteiger partial charge >= 0.3 is 5.97 Å². The average Bonchev–Trinajstić information content (AvgIpc) is 1.98. The molecule has 0 rings (SSSR count). The summed E-state index contributed by atoms with van der Waals surface area (Å²) in [5.74, 6) is -2.17. The first-order valence-electron chi connectivity index (χ1n) is 5.12. The summed E-state index contributed by atoms with van der Waals surface area (Å²) in [4.78, 5) is 19.6. The monoisotopic (exact) mass is 250 g/mol. The maximum atomic E-state index is 10.0. The minimum atomic E-state index is -1.20. The van der Waals surface area contributed by atoms with Gasteiger partial charge in [0.05, 0.1) is 21.1 Å². The van der Waals surface area contributed by atoms with Crippen LogP contribution in [-0.2, 0) is 9.59 Å². The number of aliphatic carboxylic acids is 2. The first-order chi connectivity index (χ1) is 7.45. The molecule has 2 atom stereocenters. The Morgan fingerprint density at radius 2 is 1.71 bits per heavy atom. The number of aliphatic hydroxyl groups excluding tert-OH is 1. The van der Waals surface area contributed by atoms with Gasteiger partial charge in [-0.05, 0) is 6.92 Å². The van der Waals surface area contributed by atoms with E-state index in [1.807, 2.05) is 21.1 Å². The second kappa shape index (κ2) is 7.99. The zero-order chi connectivity index (χ0) is 14.2. The topological polar surface area (TPSA) is 124 Å². The van der Waals surface area contributed by atoms with Crippen LogP contribution in [0.15, 0.2) is 0 Å². The number of quaternary nitrogens is 1. The Balaban J connectivity index is 0. The standard InChI is InChI=1S/C7H15NO3.C3H7NO2/c1-8(2,3)5-6(9)4-7(10)11;1-2(4)3(5)6/h6,9H,4-5H2,1-3H3;2H,4H2,1H3,(H,5,6)/t;2-/m.0/s1. The summed E-state index contributed by atoms with van der Waals surface area (Å²) in [6, 6.07) is -0.731. The van der Waals surface area contributed by atoms with Crippen molar-refractivity contribution in [1.82, 2.24) is 0 Å². The second-order valence-electron chi connectivity index (χ2n) is 4.83. The highest BCUT2D eigenvalue weighted by Crippen LogP contribution is 1.97. The molecule has 0 saturated heterocycles. The van der Waals surface area contributed by atoms with E-state index in [0.717, 1.165) is 0 Å². The molecule has 7 nitrogen and oxygen atoms in total. The second-order valence-corrected chi connectivity index (χ2v) is 4.83. The molecule has 0 bridgehead atoms. The number of carboxylic acid groups (broad SMARTS) is 2. The van der Waals surface area contributed by atoms with Crippen molar-refractivity contribution in [2.75, 3.05) is 27.7 Å². The van der Waals surface area contributed by atoms with Gasteiger partial charge in [-0.25, -0.2) is 0 Å². The normalized spacial score (nSPS) is 14.2. The Kier molecular flexibility index (Phi) is 8.55. The molecule has 0 heterocycles. The van der Waals surface area contributed by atoms with Gasteiger partial charge in [0.1, 0.15) is 18.7 Å². The van der Waals surface area contributed by atoms with Crippen LogP contribution in [0.25, 0.3) is 0 Å². The molecule has 17 heavy (non-hydrogen) atoms. The molecule has 0 aliphatic rings. The molecule has 102 valence electrons. The predicted octanol–water partition coefficient (Wildman–Crippen LogP) is -2.39. The van der Waals surface area contributed by atoms with Gasteiger partial charge < -0.3 is 30.3 Å². The van der Waals surface area contributed by atoms with Gasteiger partial charge in [0, 0.05) is 12.4 Å². The van der Waals surface area contributed by atoms with Crippen molar-refractivity contribution in [2.45, 2.75) is 25.5 Å². The van der Waals surface area contributed by atoms with Crippen molar-refractivity contribution >= 4 is 11.9 Å². The maximum absolute atomic E-state index is 10.0. The van der Waals surface area contributed by atoms with Gasteiger partial charge in [-0.1, -0.05) is 0 Å². The zero-order valence-corrected chi connectivity index (χ0v) is 10.7. The molecule has 0 aromatic rings. The van der Waals surface area contributed by atoms with Crippen LogP contribution in [-0.4, -0.2) is 66.5 Å². The van der Waals surface area contributed by atoms with E-state index in [4.69, 9.17) is 15.9 Å². The van der Waals surface area contributed by atoms with Crippen LogP contribution < -0.4 is 10.8 Å². The molecule has 0 amide bonds. The van der Waals surface area contributed by atoms with Crippen molar-refractivity contribution < 1.29 is 29.4 Å². The predicted molar refractivity (Wildman–Crippen MR) is 59.8 cm³/mol. The van der Waals surface area contributed by atoms with Crippen LogP contribution in [0.2, 0.25) is 0 Å². The lowest BCUT2D eigenvalue weighted by Gasteiger charge is -2.26. The van der Waals surface area contributed by atoms with E-state index in [1.165, 1.54) is 6.92 Å². The van der Waals surface area contributed by atoms with Crippen molar-refractivity contribution in [2.24, 2.45) is 5.73 Å². The van der Waals surface area contributed by atoms with Crippen molar-refractivity contribution in [3.8, 4) is 0 Å². The number of carboxylic acids is 2. The number of nitrogens with zero attached hydrogens (tertiary/aromatic N) is 1. The fourth-order valence-electron chi connectivity index (χ4n) is 0.889. The molecule has 0 aromatic carbocycles. The van der Waals surface area contributed by atoms with Gasteiger partial charge in [0.2, 0.25) is 0 Å². The van der Waals surface area contributed by atoms with Gasteiger partial charge in [0.15, 0.2) is 0 Å². The van der Waals surface area contributed by atoms with Gasteiger partial charge in [-0.3, -0.25) is 4.79 Å². The SMILES string of the molecule is C[C@H](N)C(=O)O.C[N+](C)(C)CC(O)CC(=O)[O-]. The third-order valence-corrected chi connectivity index (χ3v) is 1.55. The van der Waals surface area contributed by atoms with Crippen LogP contribution in [0.3, 0.4) is 0 Å². The van der Waals surface area contributed by atoms with E-state index in [-0.39, 0.29) is 6.42 Å². The average molecular weight is 250 g/mol. The van der Waals surface area contributed by atoms with Crippen LogP contribution in [0, 0.1) is 0 Å². The number of aliphatic hydroxyl groups is 1. The molecule has 7 heteroatoms. The highest BCUT2D eigenvalue weighted by atomic mass is 16.4. The summed E-state index contributed by atoms with van der Waals surface area (Å²) >= 11 is 0. The Labute approximate surface area is 101 Å². The summed E-state index contributed by atoms with van der Waals surface area (Å²) < 4.78 is 0.550. The van der Waals surface area contributed by atoms with E-state index >= 15 is 0 Å². The minimum Gasteiger partial charge on any atom is -0.550 e. The quantitative estimate of drug-likeness (QED) is 0.468. The molecule has 0 saturated carbocycles. The first kappa shape index (κ1) is 18.2. The van der Waals surface area contributed by atoms with Crippen molar-refractivity contribution in [3.63, 3.8) is 0 Å². The molecule has 0 aliphatic heterocycles. The van der Waals surface area contributed by atoms with Crippen LogP contribution >= 0.6 is 0 Å². The fourth-order valence-corrected chi connectivity index (χ4v) is 0.889. The van der Waals surface area contributed by atoms with E-state index < -0.39 is 24.1 Å². The summed E-state index contributed by atoms with van der Waals surface area (Å²) in [6.07, 6.45) is -1.09. The van der Waals surface area contributed by atoms with Crippen LogP contribution in [0.1, 0.15) is 13.3 Å². The summed E-state index contributed by atoms with van der Waals surface area (Å²) in [5.41, 5.74) is 4.84. The van der Waals surface area contributed by atoms with Gasteiger partial charge in [-0.2, -0.15) is 0 Å². The summed E-state index contributed by atoms with van der Waals surface area (Å²) in [7, 11) is 5.66. The van der Waals surface area contributed by atoms with Crippen LogP contribution in [0.5, 0.6) is 0 Å². The van der Waals surface area contributed by atoms with Crippen molar-refractivity contribution in [3.05, 3.63) is 0 Å². The Hall–Kier alpha value is -1.18. The van der Waals surface area contributed by atoms with Gasteiger partial charge in [0.25, 0.3) is 0 Å². The number of carbonyl (C=O) groups excluding carboxylic acids is 1. The molecule has 0 fully saturated rings. The summed E-state index contributed by atoms with van der Waals surface area (Å²) in [5, 5.41) is 27.0.